The molecule has 0 saturated heterocycles. The fourth-order valence-corrected chi connectivity index (χ4v) is 0.776. The molecular weight excluding hydrogens is 258 g/mol. The molecule has 0 rings (SSSR count). The van der Waals surface area contributed by atoms with E-state index in [2.05, 4.69) is 6.92 Å². The van der Waals surface area contributed by atoms with Crippen molar-refractivity contribution >= 4 is 29.2 Å². The average molecular weight is 272 g/mol. The normalized spacial score (nSPS) is 8.38. The largest absolute Gasteiger partial charge is 2.00 e. The van der Waals surface area contributed by atoms with E-state index >= 15 is 0 Å². The fraction of sp³-hybridized carbons (Fsp3) is 0.750. The van der Waals surface area contributed by atoms with Crippen LogP contribution in [0.25, 0.3) is 0 Å². The van der Waals surface area contributed by atoms with Gasteiger partial charge >= 0.3 is 16.8 Å². The van der Waals surface area contributed by atoms with Crippen molar-refractivity contribution in [3.63, 3.8) is 0 Å². The number of carboxylic acid groups (broad SMARTS) is 1. The van der Waals surface area contributed by atoms with Gasteiger partial charge in [-0.05, 0) is 6.92 Å². The minimum atomic E-state index is -1.08. The zero-order valence-corrected chi connectivity index (χ0v) is 10.3. The molecule has 0 bridgehead atoms. The Morgan fingerprint density at radius 1 is 1.38 bits per heavy atom. The number of carbonyl (C=O) groups excluding carboxylic acids is 1. The predicted octanol–water partition coefficient (Wildman–Crippen LogP) is 2.29. The summed E-state index contributed by atoms with van der Waals surface area (Å²) in [6.07, 6.45) is 4.43. The van der Waals surface area contributed by atoms with Gasteiger partial charge in [0.15, 0.2) is 0 Å². The smallest absolute Gasteiger partial charge is 0.550 e. The quantitative estimate of drug-likeness (QED) is 0.582. The molecule has 0 atom stereocenters. The third-order valence-electron chi connectivity index (χ3n) is 0.969. The van der Waals surface area contributed by atoms with Crippen molar-refractivity contribution in [3.05, 3.63) is 4.84 Å². The van der Waals surface area contributed by atoms with Gasteiger partial charge in [0.05, 0.1) is 0 Å². The van der Waals surface area contributed by atoms with Gasteiger partial charge in [-0.25, -0.2) is 0 Å². The standard InChI is InChI=1S/C6H11Cl2.C2H4O2.Co/c1-2-3-4-5-6(7)8;1-2(3)4;/h2-5H2,1H3;1H3,(H,3,4);/q-1;;+2/p-1. The third-order valence-corrected chi connectivity index (χ3v) is 1.35. The van der Waals surface area contributed by atoms with E-state index in [-0.39, 0.29) is 16.8 Å². The monoisotopic (exact) mass is 271 g/mol. The predicted molar refractivity (Wildman–Crippen MR) is 49.8 cm³/mol. The molecule has 0 saturated carbocycles. The fourth-order valence-electron chi connectivity index (χ4n) is 0.509. The second-order valence-electron chi connectivity index (χ2n) is 2.29. The number of unbranched alkanes of at least 4 members (excludes halogenated alkanes) is 2. The first-order valence-corrected chi connectivity index (χ1v) is 4.60. The molecule has 0 aromatic heterocycles. The van der Waals surface area contributed by atoms with Crippen LogP contribution < -0.4 is 5.11 Å². The first kappa shape index (κ1) is 19.2. The van der Waals surface area contributed by atoms with Crippen LogP contribution in [0.4, 0.5) is 0 Å². The minimum Gasteiger partial charge on any atom is -0.550 e. The van der Waals surface area contributed by atoms with Crippen molar-refractivity contribution in [2.45, 2.75) is 39.5 Å². The molecule has 0 aliphatic heterocycles. The van der Waals surface area contributed by atoms with Crippen LogP contribution in [0.3, 0.4) is 0 Å². The van der Waals surface area contributed by atoms with Gasteiger partial charge in [0, 0.05) is 5.97 Å². The number of halogens is 2. The summed E-state index contributed by atoms with van der Waals surface area (Å²) < 4.78 is 0. The van der Waals surface area contributed by atoms with Gasteiger partial charge in [0.2, 0.25) is 0 Å². The molecule has 0 aliphatic carbocycles. The summed E-state index contributed by atoms with van der Waals surface area (Å²) in [5.41, 5.74) is 0. The number of hydrogen-bond donors (Lipinski definition) is 0. The van der Waals surface area contributed by atoms with E-state index in [1.165, 1.54) is 12.8 Å². The van der Waals surface area contributed by atoms with Gasteiger partial charge in [-0.1, -0.05) is 26.2 Å². The molecule has 5 heteroatoms. The topological polar surface area (TPSA) is 40.1 Å². The van der Waals surface area contributed by atoms with Crippen molar-refractivity contribution in [2.75, 3.05) is 0 Å². The summed E-state index contributed by atoms with van der Waals surface area (Å²) in [6, 6.07) is 0. The number of rotatable bonds is 4. The Hall–Kier alpha value is 0.556. The Morgan fingerprint density at radius 3 is 2.00 bits per heavy atom. The van der Waals surface area contributed by atoms with Gasteiger partial charge < -0.3 is 33.1 Å². The van der Waals surface area contributed by atoms with Crippen LogP contribution in [-0.4, -0.2) is 5.97 Å². The molecule has 0 aromatic rings. The first-order valence-electron chi connectivity index (χ1n) is 3.85. The number of carbonyl (C=O) groups is 1. The SMILES string of the molecule is CC(=O)[O-].CCCCC[C-](Cl)Cl.[Co+2]. The molecule has 0 amide bonds. The van der Waals surface area contributed by atoms with E-state index in [1.807, 2.05) is 0 Å². The summed E-state index contributed by atoms with van der Waals surface area (Å²) >= 11 is 10.8. The zero-order valence-electron chi connectivity index (χ0n) is 7.73. The number of hydrogen-bond acceptors (Lipinski definition) is 2. The van der Waals surface area contributed by atoms with Gasteiger partial charge in [0.1, 0.15) is 0 Å². The van der Waals surface area contributed by atoms with Crippen molar-refractivity contribution in [3.8, 4) is 0 Å². The van der Waals surface area contributed by atoms with Crippen molar-refractivity contribution in [1.82, 2.24) is 0 Å². The van der Waals surface area contributed by atoms with Gasteiger partial charge in [-0.3, -0.25) is 0 Å². The maximum Gasteiger partial charge on any atom is 2.00 e. The number of aliphatic carboxylic acids is 1. The molecular formula is C8H14Cl2CoO2. The van der Waals surface area contributed by atoms with Crippen LogP contribution in [-0.2, 0) is 21.6 Å². The Morgan fingerprint density at radius 2 is 1.77 bits per heavy atom. The maximum absolute atomic E-state index is 8.89. The van der Waals surface area contributed by atoms with Crippen molar-refractivity contribution in [1.29, 1.82) is 0 Å². The van der Waals surface area contributed by atoms with Crippen LogP contribution in [0, 0.1) is 4.84 Å². The second kappa shape index (κ2) is 15.0. The zero-order chi connectivity index (χ0) is 9.98. The Bertz CT molecular complexity index is 106. The van der Waals surface area contributed by atoms with Crippen LogP contribution in [0.5, 0.6) is 0 Å². The van der Waals surface area contributed by atoms with E-state index in [9.17, 15) is 0 Å². The maximum atomic E-state index is 8.89. The molecule has 2 nitrogen and oxygen atoms in total. The average Bonchev–Trinajstić information content (AvgIpc) is 1.86. The van der Waals surface area contributed by atoms with Crippen LogP contribution in [0.15, 0.2) is 0 Å². The van der Waals surface area contributed by atoms with E-state index in [0.29, 0.717) is 4.84 Å². The minimum absolute atomic E-state index is 0. The summed E-state index contributed by atoms with van der Waals surface area (Å²) in [5, 5.41) is 8.89. The molecule has 0 aliphatic rings. The van der Waals surface area contributed by atoms with E-state index in [4.69, 9.17) is 33.1 Å². The van der Waals surface area contributed by atoms with E-state index < -0.39 is 5.97 Å². The Kier molecular flexibility index (Phi) is 22.2. The number of carboxylic acids is 1. The summed E-state index contributed by atoms with van der Waals surface area (Å²) in [6.45, 7) is 3.13. The molecule has 0 aromatic carbocycles. The van der Waals surface area contributed by atoms with Crippen LogP contribution in [0.1, 0.15) is 39.5 Å². The van der Waals surface area contributed by atoms with Crippen molar-refractivity contribution in [2.24, 2.45) is 0 Å². The Balaban J connectivity index is -0.000000173. The molecule has 0 fully saturated rings. The molecule has 0 N–H and O–H groups in total. The molecule has 0 spiro atoms. The molecule has 0 unspecified atom stereocenters. The van der Waals surface area contributed by atoms with Gasteiger partial charge in [-0.2, -0.15) is 6.42 Å². The summed E-state index contributed by atoms with van der Waals surface area (Å²) in [4.78, 5) is 9.40. The Labute approximate surface area is 100 Å². The molecule has 13 heavy (non-hydrogen) atoms. The first-order chi connectivity index (χ1) is 5.50. The summed E-state index contributed by atoms with van der Waals surface area (Å²) in [7, 11) is 0. The van der Waals surface area contributed by atoms with E-state index in [1.54, 1.807) is 0 Å². The van der Waals surface area contributed by atoms with Gasteiger partial charge in [-0.15, -0.1) is 4.84 Å². The van der Waals surface area contributed by atoms with Gasteiger partial charge in [0.25, 0.3) is 0 Å². The summed E-state index contributed by atoms with van der Waals surface area (Å²) in [5.74, 6) is -1.08. The van der Waals surface area contributed by atoms with E-state index in [0.717, 1.165) is 19.8 Å². The van der Waals surface area contributed by atoms with Crippen LogP contribution in [0.2, 0.25) is 0 Å². The second-order valence-corrected chi connectivity index (χ2v) is 3.39. The molecule has 81 valence electrons. The third kappa shape index (κ3) is 45.3. The molecule has 0 heterocycles. The van der Waals surface area contributed by atoms with Crippen LogP contribution >= 0.6 is 23.2 Å². The molecule has 1 radical (unpaired) electrons. The van der Waals surface area contributed by atoms with Crippen molar-refractivity contribution < 1.29 is 26.7 Å².